The number of benzene rings is 2. The minimum Gasteiger partial charge on any atom is -0.462 e. The van der Waals surface area contributed by atoms with Crippen LogP contribution < -0.4 is 10.2 Å². The molecular formula is C21H17F2N5O5. The van der Waals surface area contributed by atoms with Gasteiger partial charge in [-0.05, 0) is 43.3 Å². The van der Waals surface area contributed by atoms with Crippen LogP contribution in [0.5, 0.6) is 0 Å². The lowest BCUT2D eigenvalue weighted by molar-refractivity contribution is -0.123. The summed E-state index contributed by atoms with van der Waals surface area (Å²) >= 11 is 0. The SMILES string of the molecule is CCOC(=O)c1ccc(NC(=O)CN2N=N[C@H]3C(=O)N(c4ccc(F)c(F)c4)C(=O)[C@H]32)cc1. The molecular weight excluding hydrogens is 440 g/mol. The van der Waals surface area contributed by atoms with Crippen molar-refractivity contribution in [2.45, 2.75) is 19.0 Å². The highest BCUT2D eigenvalue weighted by atomic mass is 19.2. The number of carbonyl (C=O) groups excluding carboxylic acids is 4. The van der Waals surface area contributed by atoms with Crippen molar-refractivity contribution in [3.63, 3.8) is 0 Å². The van der Waals surface area contributed by atoms with E-state index in [2.05, 4.69) is 15.7 Å². The van der Waals surface area contributed by atoms with Crippen molar-refractivity contribution in [2.24, 2.45) is 10.3 Å². The lowest BCUT2D eigenvalue weighted by atomic mass is 10.1. The van der Waals surface area contributed by atoms with Gasteiger partial charge in [-0.15, -0.1) is 0 Å². The van der Waals surface area contributed by atoms with Crippen LogP contribution in [0.2, 0.25) is 0 Å². The summed E-state index contributed by atoms with van der Waals surface area (Å²) in [4.78, 5) is 50.3. The molecule has 3 amide bonds. The molecule has 0 bridgehead atoms. The fraction of sp³-hybridized carbons (Fsp3) is 0.238. The molecule has 0 aromatic heterocycles. The van der Waals surface area contributed by atoms with Gasteiger partial charge >= 0.3 is 5.97 Å². The van der Waals surface area contributed by atoms with Gasteiger partial charge in [0.25, 0.3) is 11.8 Å². The van der Waals surface area contributed by atoms with Crippen LogP contribution in [0.15, 0.2) is 52.8 Å². The number of anilines is 2. The summed E-state index contributed by atoms with van der Waals surface area (Å²) in [6, 6.07) is 6.25. The summed E-state index contributed by atoms with van der Waals surface area (Å²) in [6.07, 6.45) is 0. The lowest BCUT2D eigenvalue weighted by Gasteiger charge is -2.20. The van der Waals surface area contributed by atoms with Crippen LogP contribution in [0.4, 0.5) is 20.2 Å². The van der Waals surface area contributed by atoms with Crippen LogP contribution >= 0.6 is 0 Å². The number of carbonyl (C=O) groups is 4. The second kappa shape index (κ2) is 8.73. The van der Waals surface area contributed by atoms with E-state index in [4.69, 9.17) is 4.74 Å². The quantitative estimate of drug-likeness (QED) is 0.524. The third-order valence-corrected chi connectivity index (χ3v) is 5.00. The second-order valence-electron chi connectivity index (χ2n) is 7.15. The van der Waals surface area contributed by atoms with Crippen molar-refractivity contribution in [1.29, 1.82) is 0 Å². The first-order chi connectivity index (χ1) is 15.8. The fourth-order valence-electron chi connectivity index (χ4n) is 3.48. The smallest absolute Gasteiger partial charge is 0.338 e. The first-order valence-electron chi connectivity index (χ1n) is 9.87. The molecule has 0 spiro atoms. The second-order valence-corrected chi connectivity index (χ2v) is 7.15. The Kier molecular flexibility index (Phi) is 5.82. The molecule has 1 fully saturated rings. The normalized spacial score (nSPS) is 19.1. The number of nitrogens with one attached hydrogen (secondary N) is 1. The average molecular weight is 457 g/mol. The molecule has 2 aliphatic rings. The molecule has 10 nitrogen and oxygen atoms in total. The largest absolute Gasteiger partial charge is 0.462 e. The molecule has 0 aliphatic carbocycles. The van der Waals surface area contributed by atoms with Crippen LogP contribution in [-0.2, 0) is 19.1 Å². The highest BCUT2D eigenvalue weighted by Crippen LogP contribution is 2.32. The van der Waals surface area contributed by atoms with Crippen molar-refractivity contribution < 1.29 is 32.7 Å². The standard InChI is InChI=1S/C21H17F2N5O5/c1-2-33-21(32)11-3-5-12(6-4-11)24-16(29)10-27-18-17(25-26-27)19(30)28(20(18)31)13-7-8-14(22)15(23)9-13/h3-9,17-18H,2,10H2,1H3,(H,24,29)/t17-,18+/m1/s1. The Labute approximate surface area is 185 Å². The Balaban J connectivity index is 1.42. The Morgan fingerprint density at radius 2 is 1.79 bits per heavy atom. The maximum absolute atomic E-state index is 13.6. The number of amides is 3. The predicted molar refractivity (Wildman–Crippen MR) is 109 cm³/mol. The Morgan fingerprint density at radius 3 is 2.45 bits per heavy atom. The minimum atomic E-state index is -1.21. The van der Waals surface area contributed by atoms with Gasteiger partial charge in [-0.2, -0.15) is 5.11 Å². The molecule has 2 aromatic carbocycles. The van der Waals surface area contributed by atoms with Crippen LogP contribution in [0.3, 0.4) is 0 Å². The first-order valence-corrected chi connectivity index (χ1v) is 9.87. The number of rotatable bonds is 6. The topological polar surface area (TPSA) is 121 Å². The zero-order valence-corrected chi connectivity index (χ0v) is 17.2. The number of esters is 1. The molecule has 2 atom stereocenters. The Bertz CT molecular complexity index is 1170. The van der Waals surface area contributed by atoms with Gasteiger partial charge < -0.3 is 10.1 Å². The fourth-order valence-corrected chi connectivity index (χ4v) is 3.48. The summed E-state index contributed by atoms with van der Waals surface area (Å²) in [5.74, 6) is -4.88. The molecule has 2 aromatic rings. The molecule has 1 saturated heterocycles. The van der Waals surface area contributed by atoms with Crippen molar-refractivity contribution in [3.05, 3.63) is 59.7 Å². The van der Waals surface area contributed by atoms with Gasteiger partial charge in [0.05, 0.1) is 17.9 Å². The van der Waals surface area contributed by atoms with E-state index in [-0.39, 0.29) is 12.3 Å². The first kappa shape index (κ1) is 22.0. The van der Waals surface area contributed by atoms with E-state index in [0.29, 0.717) is 16.2 Å². The van der Waals surface area contributed by atoms with E-state index in [1.165, 1.54) is 24.3 Å². The summed E-state index contributed by atoms with van der Waals surface area (Å²) in [5, 5.41) is 11.2. The molecule has 170 valence electrons. The lowest BCUT2D eigenvalue weighted by Crippen LogP contribution is -2.43. The average Bonchev–Trinajstić information content (AvgIpc) is 3.30. The van der Waals surface area contributed by atoms with Gasteiger partial charge in [0.15, 0.2) is 23.7 Å². The molecule has 0 radical (unpaired) electrons. The number of hydrogen-bond donors (Lipinski definition) is 1. The van der Waals surface area contributed by atoms with E-state index >= 15 is 0 Å². The molecule has 2 aliphatic heterocycles. The molecule has 12 heteroatoms. The third-order valence-electron chi connectivity index (χ3n) is 5.00. The van der Waals surface area contributed by atoms with E-state index in [9.17, 15) is 28.0 Å². The van der Waals surface area contributed by atoms with Gasteiger partial charge in [-0.3, -0.25) is 19.4 Å². The number of nitrogens with zero attached hydrogens (tertiary/aromatic N) is 4. The number of fused-ring (bicyclic) bond motifs is 1. The summed E-state index contributed by atoms with van der Waals surface area (Å²) < 4.78 is 31.7. The van der Waals surface area contributed by atoms with Crippen LogP contribution in [0, 0.1) is 11.6 Å². The van der Waals surface area contributed by atoms with Crippen molar-refractivity contribution >= 4 is 35.1 Å². The van der Waals surface area contributed by atoms with Crippen LogP contribution in [0.25, 0.3) is 0 Å². The molecule has 2 heterocycles. The third kappa shape index (κ3) is 4.14. The van der Waals surface area contributed by atoms with Gasteiger partial charge in [0, 0.05) is 11.8 Å². The minimum absolute atomic E-state index is 0.139. The zero-order chi connectivity index (χ0) is 23.7. The summed E-state index contributed by atoms with van der Waals surface area (Å²) in [7, 11) is 0. The molecule has 4 rings (SSSR count). The molecule has 33 heavy (non-hydrogen) atoms. The van der Waals surface area contributed by atoms with Crippen molar-refractivity contribution in [3.8, 4) is 0 Å². The number of imide groups is 1. The highest BCUT2D eigenvalue weighted by Gasteiger charge is 2.55. The Morgan fingerprint density at radius 1 is 1.06 bits per heavy atom. The highest BCUT2D eigenvalue weighted by molar-refractivity contribution is 6.25. The van der Waals surface area contributed by atoms with Crippen LogP contribution in [0.1, 0.15) is 17.3 Å². The number of ether oxygens (including phenoxy) is 1. The summed E-state index contributed by atoms with van der Waals surface area (Å²) in [5.41, 5.74) is 0.566. The van der Waals surface area contributed by atoms with Crippen molar-refractivity contribution in [1.82, 2.24) is 5.01 Å². The van der Waals surface area contributed by atoms with Crippen LogP contribution in [-0.4, -0.2) is 53.9 Å². The van der Waals surface area contributed by atoms with E-state index in [0.717, 1.165) is 23.2 Å². The van der Waals surface area contributed by atoms with E-state index < -0.39 is 54.0 Å². The molecule has 1 N–H and O–H groups in total. The van der Waals surface area contributed by atoms with Gasteiger partial charge in [0.1, 0.15) is 6.54 Å². The Hall–Kier alpha value is -4.22. The van der Waals surface area contributed by atoms with Gasteiger partial charge in [-0.25, -0.2) is 18.5 Å². The maximum Gasteiger partial charge on any atom is 0.338 e. The monoisotopic (exact) mass is 457 g/mol. The zero-order valence-electron chi connectivity index (χ0n) is 17.2. The van der Waals surface area contributed by atoms with Crippen molar-refractivity contribution in [2.75, 3.05) is 23.4 Å². The summed E-state index contributed by atoms with van der Waals surface area (Å²) in [6.45, 7) is 1.53. The number of halogens is 2. The van der Waals surface area contributed by atoms with Gasteiger partial charge in [0.2, 0.25) is 5.91 Å². The molecule has 0 saturated carbocycles. The molecule has 0 unspecified atom stereocenters. The maximum atomic E-state index is 13.6. The predicted octanol–water partition coefficient (Wildman–Crippen LogP) is 2.07. The number of hydrogen-bond acceptors (Lipinski definition) is 8. The van der Waals surface area contributed by atoms with E-state index in [1.54, 1.807) is 6.92 Å². The van der Waals surface area contributed by atoms with E-state index in [1.807, 2.05) is 0 Å². The van der Waals surface area contributed by atoms with Gasteiger partial charge in [-0.1, -0.05) is 5.22 Å².